The predicted molar refractivity (Wildman–Crippen MR) is 46.6 cm³/mol. The quantitative estimate of drug-likeness (QED) is 0.481. The first-order valence-corrected chi connectivity index (χ1v) is 3.71. The largest absolute Gasteiger partial charge is 2.00 e. The van der Waals surface area contributed by atoms with Gasteiger partial charge in [0, 0.05) is 23.8 Å². The number of halogens is 2. The summed E-state index contributed by atoms with van der Waals surface area (Å²) in [4.78, 5) is 0. The average Bonchev–Trinajstić information content (AvgIpc) is 2.63. The molecule has 0 atom stereocenters. The first kappa shape index (κ1) is 20.0. The summed E-state index contributed by atoms with van der Waals surface area (Å²) in [5.74, 6) is 0. The number of H-pyrrole nitrogens is 2. The van der Waals surface area contributed by atoms with Crippen LogP contribution in [0.4, 0.5) is 0 Å². The topological polar surface area (TPSA) is 57.4 Å². The maximum atomic E-state index is 3.70. The monoisotopic (exact) mass is 297 g/mol. The normalized spacial score (nSPS) is 7.07. The van der Waals surface area contributed by atoms with Gasteiger partial charge in [0.2, 0.25) is 0 Å². The number of nitrogens with zero attached hydrogens (tertiary/aromatic N) is 2. The molecule has 0 bridgehead atoms. The molecule has 0 aliphatic rings. The predicted octanol–water partition coefficient (Wildman–Crippen LogP) is -4.56. The molecule has 1 radical (unpaired) electrons. The summed E-state index contributed by atoms with van der Waals surface area (Å²) in [6, 6.07) is 3.83. The van der Waals surface area contributed by atoms with Crippen LogP contribution in [0.3, 0.4) is 0 Å². The van der Waals surface area contributed by atoms with Crippen LogP contribution in [0.5, 0.6) is 0 Å². The Kier molecular flexibility index (Phi) is 15.5. The van der Waals surface area contributed by atoms with E-state index in [9.17, 15) is 0 Å². The molecule has 0 unspecified atom stereocenters. The molecule has 89 valence electrons. The van der Waals surface area contributed by atoms with E-state index in [1.807, 2.05) is 26.0 Å². The number of hydrogen-bond acceptors (Lipinski definition) is 2. The van der Waals surface area contributed by atoms with Crippen LogP contribution < -0.4 is 24.8 Å². The van der Waals surface area contributed by atoms with Crippen LogP contribution in [0.25, 0.3) is 0 Å². The Balaban J connectivity index is -0.000000160. The molecule has 0 aromatic carbocycles. The van der Waals surface area contributed by atoms with Crippen LogP contribution in [0.15, 0.2) is 24.5 Å². The SMILES string of the molecule is Cc1ccn[nH]1.Cc1ccn[nH]1.[Cl-].[Cl-].[Cu+2]. The molecule has 0 fully saturated rings. The fourth-order valence-corrected chi connectivity index (χ4v) is 0.651. The third-order valence-corrected chi connectivity index (χ3v) is 1.28. The minimum absolute atomic E-state index is 0. The van der Waals surface area contributed by atoms with E-state index in [-0.39, 0.29) is 41.9 Å². The number of aryl methyl sites for hydroxylation is 2. The molecule has 0 aliphatic carbocycles. The van der Waals surface area contributed by atoms with Gasteiger partial charge in [-0.3, -0.25) is 10.2 Å². The van der Waals surface area contributed by atoms with E-state index in [1.165, 1.54) is 0 Å². The number of aromatic amines is 2. The maximum Gasteiger partial charge on any atom is 2.00 e. The summed E-state index contributed by atoms with van der Waals surface area (Å²) in [7, 11) is 0. The van der Waals surface area contributed by atoms with Crippen molar-refractivity contribution in [3.63, 3.8) is 0 Å². The summed E-state index contributed by atoms with van der Waals surface area (Å²) < 4.78 is 0. The van der Waals surface area contributed by atoms with Crippen LogP contribution in [0.1, 0.15) is 11.4 Å². The van der Waals surface area contributed by atoms with Gasteiger partial charge < -0.3 is 24.8 Å². The molecule has 2 N–H and O–H groups in total. The van der Waals surface area contributed by atoms with Crippen LogP contribution in [-0.2, 0) is 17.1 Å². The standard InChI is InChI=1S/2C4H6N2.2ClH.Cu/c2*1-4-2-3-5-6-4;;;/h2*2-3H,1H3,(H,5,6);2*1H;/q;;;;+2/p-2. The summed E-state index contributed by atoms with van der Waals surface area (Å²) in [5.41, 5.74) is 2.21. The van der Waals surface area contributed by atoms with E-state index in [2.05, 4.69) is 20.4 Å². The Bertz CT molecular complexity index is 264. The minimum Gasteiger partial charge on any atom is -1.00 e. The third kappa shape index (κ3) is 9.82. The van der Waals surface area contributed by atoms with Crippen molar-refractivity contribution in [2.24, 2.45) is 0 Å². The van der Waals surface area contributed by atoms with Crippen molar-refractivity contribution in [2.45, 2.75) is 13.8 Å². The number of aromatic nitrogens is 4. The van der Waals surface area contributed by atoms with Crippen LogP contribution in [0, 0.1) is 13.8 Å². The second-order valence-electron chi connectivity index (χ2n) is 2.48. The molecular weight excluding hydrogens is 287 g/mol. The number of rotatable bonds is 0. The van der Waals surface area contributed by atoms with Crippen molar-refractivity contribution in [1.82, 2.24) is 20.4 Å². The second kappa shape index (κ2) is 11.6. The Labute approximate surface area is 112 Å². The first-order valence-electron chi connectivity index (χ1n) is 3.71. The van der Waals surface area contributed by atoms with E-state index >= 15 is 0 Å². The molecule has 0 saturated carbocycles. The molecule has 0 amide bonds. The molecule has 2 rings (SSSR count). The fourth-order valence-electron chi connectivity index (χ4n) is 0.651. The van der Waals surface area contributed by atoms with Crippen molar-refractivity contribution in [2.75, 3.05) is 0 Å². The van der Waals surface area contributed by atoms with Gasteiger partial charge in [-0.2, -0.15) is 10.2 Å². The van der Waals surface area contributed by atoms with Crippen LogP contribution >= 0.6 is 0 Å². The Morgan fingerprint density at radius 1 is 0.867 bits per heavy atom. The van der Waals surface area contributed by atoms with Crippen molar-refractivity contribution in [3.8, 4) is 0 Å². The van der Waals surface area contributed by atoms with Crippen LogP contribution in [0.2, 0.25) is 0 Å². The van der Waals surface area contributed by atoms with Gasteiger partial charge in [0.05, 0.1) is 0 Å². The van der Waals surface area contributed by atoms with Crippen molar-refractivity contribution >= 4 is 0 Å². The molecule has 2 aromatic heterocycles. The first-order chi connectivity index (χ1) is 5.79. The van der Waals surface area contributed by atoms with Gasteiger partial charge in [-0.15, -0.1) is 0 Å². The van der Waals surface area contributed by atoms with Crippen molar-refractivity contribution in [3.05, 3.63) is 35.9 Å². The van der Waals surface area contributed by atoms with Gasteiger partial charge in [0.1, 0.15) is 0 Å². The second-order valence-corrected chi connectivity index (χ2v) is 2.48. The summed E-state index contributed by atoms with van der Waals surface area (Å²) in [6.45, 7) is 3.93. The molecule has 0 aliphatic heterocycles. The molecule has 7 heteroatoms. The van der Waals surface area contributed by atoms with Gasteiger partial charge >= 0.3 is 17.1 Å². The van der Waals surface area contributed by atoms with Gasteiger partial charge in [-0.1, -0.05) is 0 Å². The van der Waals surface area contributed by atoms with E-state index in [0.29, 0.717) is 0 Å². The summed E-state index contributed by atoms with van der Waals surface area (Å²) >= 11 is 0. The Morgan fingerprint density at radius 3 is 1.27 bits per heavy atom. The number of hydrogen-bond donors (Lipinski definition) is 2. The molecule has 0 spiro atoms. The van der Waals surface area contributed by atoms with E-state index in [4.69, 9.17) is 0 Å². The van der Waals surface area contributed by atoms with Crippen molar-refractivity contribution in [1.29, 1.82) is 0 Å². The van der Waals surface area contributed by atoms with Gasteiger partial charge in [-0.25, -0.2) is 0 Å². The van der Waals surface area contributed by atoms with E-state index in [0.717, 1.165) is 11.4 Å². The van der Waals surface area contributed by atoms with Gasteiger partial charge in [0.25, 0.3) is 0 Å². The van der Waals surface area contributed by atoms with Gasteiger partial charge in [0.15, 0.2) is 0 Å². The Hall–Kier alpha value is -0.481. The zero-order chi connectivity index (χ0) is 8.81. The zero-order valence-electron chi connectivity index (χ0n) is 8.26. The fraction of sp³-hybridized carbons (Fsp3) is 0.250. The smallest absolute Gasteiger partial charge is 1.00 e. The van der Waals surface area contributed by atoms with Gasteiger partial charge in [-0.05, 0) is 26.0 Å². The molecule has 4 nitrogen and oxygen atoms in total. The molecule has 0 saturated heterocycles. The summed E-state index contributed by atoms with van der Waals surface area (Å²) in [6.07, 6.45) is 3.46. The minimum atomic E-state index is 0. The van der Waals surface area contributed by atoms with E-state index < -0.39 is 0 Å². The van der Waals surface area contributed by atoms with Crippen molar-refractivity contribution < 1.29 is 41.9 Å². The average molecular weight is 299 g/mol. The van der Waals surface area contributed by atoms with Crippen LogP contribution in [-0.4, -0.2) is 20.4 Å². The zero-order valence-corrected chi connectivity index (χ0v) is 10.7. The summed E-state index contributed by atoms with van der Waals surface area (Å²) in [5, 5.41) is 12.9. The molecular formula is C8H12Cl2CuN4. The molecule has 2 aromatic rings. The number of nitrogens with one attached hydrogen (secondary N) is 2. The molecule has 15 heavy (non-hydrogen) atoms. The van der Waals surface area contributed by atoms with E-state index in [1.54, 1.807) is 12.4 Å². The Morgan fingerprint density at radius 2 is 1.20 bits per heavy atom. The maximum absolute atomic E-state index is 3.70. The molecule has 2 heterocycles. The third-order valence-electron chi connectivity index (χ3n) is 1.28.